The van der Waals surface area contributed by atoms with Crippen LogP contribution in [-0.4, -0.2) is 30.6 Å². The molecule has 1 fully saturated rings. The van der Waals surface area contributed by atoms with E-state index in [2.05, 4.69) is 5.32 Å². The van der Waals surface area contributed by atoms with Crippen molar-refractivity contribution >= 4 is 11.9 Å². The maximum absolute atomic E-state index is 13.2. The molecule has 2 N–H and O–H groups in total. The fourth-order valence-corrected chi connectivity index (χ4v) is 4.08. The Morgan fingerprint density at radius 1 is 1.11 bits per heavy atom. The first-order chi connectivity index (χ1) is 13.5. The predicted octanol–water partition coefficient (Wildman–Crippen LogP) is 3.57. The van der Waals surface area contributed by atoms with Gasteiger partial charge in [0.15, 0.2) is 0 Å². The van der Waals surface area contributed by atoms with E-state index < -0.39 is 17.3 Å². The quantitative estimate of drug-likeness (QED) is 0.733. The van der Waals surface area contributed by atoms with Crippen LogP contribution in [0.2, 0.25) is 0 Å². The van der Waals surface area contributed by atoms with Crippen LogP contribution in [0.15, 0.2) is 54.6 Å². The summed E-state index contributed by atoms with van der Waals surface area (Å²) in [5.41, 5.74) is 1.29. The number of carbonyl (C=O) groups excluding carboxylic acids is 1. The maximum atomic E-state index is 13.2. The van der Waals surface area contributed by atoms with Gasteiger partial charge >= 0.3 is 5.97 Å². The second-order valence-corrected chi connectivity index (χ2v) is 7.46. The fraction of sp³-hybridized carbons (Fsp3) is 0.391. The van der Waals surface area contributed by atoms with Gasteiger partial charge in [-0.15, -0.1) is 0 Å². The predicted molar refractivity (Wildman–Crippen MR) is 107 cm³/mol. The smallest absolute Gasteiger partial charge is 0.308 e. The lowest BCUT2D eigenvalue weighted by molar-refractivity contribution is -0.141. The average Bonchev–Trinajstić information content (AvgIpc) is 3.23. The van der Waals surface area contributed by atoms with Crippen molar-refractivity contribution < 1.29 is 19.4 Å². The minimum Gasteiger partial charge on any atom is -0.497 e. The fourth-order valence-electron chi connectivity index (χ4n) is 4.08. The molecule has 5 nitrogen and oxygen atoms in total. The van der Waals surface area contributed by atoms with Gasteiger partial charge in [-0.3, -0.25) is 9.59 Å². The van der Waals surface area contributed by atoms with Crippen molar-refractivity contribution in [1.29, 1.82) is 0 Å². The Balaban J connectivity index is 1.74. The molecule has 0 saturated heterocycles. The SMILES string of the molecule is COc1cccc(C2(C(=O)NCC(Cc3ccccc3)C(=O)O)CCCC2)c1. The highest BCUT2D eigenvalue weighted by Gasteiger charge is 2.43. The summed E-state index contributed by atoms with van der Waals surface area (Å²) in [5, 5.41) is 12.5. The molecule has 5 heteroatoms. The molecule has 0 aliphatic heterocycles. The van der Waals surface area contributed by atoms with Crippen LogP contribution < -0.4 is 10.1 Å². The molecule has 2 aromatic carbocycles. The van der Waals surface area contributed by atoms with E-state index in [0.717, 1.165) is 42.6 Å². The lowest BCUT2D eigenvalue weighted by Crippen LogP contribution is -2.45. The summed E-state index contributed by atoms with van der Waals surface area (Å²) in [7, 11) is 1.61. The van der Waals surface area contributed by atoms with Gasteiger partial charge in [-0.2, -0.15) is 0 Å². The maximum Gasteiger partial charge on any atom is 0.308 e. The van der Waals surface area contributed by atoms with Crippen molar-refractivity contribution in [1.82, 2.24) is 5.32 Å². The minimum absolute atomic E-state index is 0.0856. The Labute approximate surface area is 165 Å². The molecule has 1 aliphatic carbocycles. The molecule has 1 saturated carbocycles. The van der Waals surface area contributed by atoms with Crippen molar-refractivity contribution in [3.8, 4) is 5.75 Å². The van der Waals surface area contributed by atoms with Crippen molar-refractivity contribution in [2.45, 2.75) is 37.5 Å². The summed E-state index contributed by atoms with van der Waals surface area (Å²) in [6.07, 6.45) is 3.89. The largest absolute Gasteiger partial charge is 0.497 e. The summed E-state index contributed by atoms with van der Waals surface area (Å²) in [4.78, 5) is 24.9. The number of nitrogens with one attached hydrogen (secondary N) is 1. The van der Waals surface area contributed by atoms with Gasteiger partial charge in [0.05, 0.1) is 18.4 Å². The zero-order valence-corrected chi connectivity index (χ0v) is 16.2. The summed E-state index contributed by atoms with van der Waals surface area (Å²) < 4.78 is 5.33. The molecule has 3 rings (SSSR count). The molecule has 0 bridgehead atoms. The standard InChI is InChI=1S/C23H27NO4/c1-28-20-11-7-10-19(15-20)23(12-5-6-13-23)22(27)24-16-18(21(25)26)14-17-8-3-2-4-9-17/h2-4,7-11,15,18H,5-6,12-14,16H2,1H3,(H,24,27)(H,25,26). The van der Waals surface area contributed by atoms with E-state index in [9.17, 15) is 14.7 Å². The molecular weight excluding hydrogens is 354 g/mol. The van der Waals surface area contributed by atoms with E-state index in [4.69, 9.17) is 4.74 Å². The topological polar surface area (TPSA) is 75.6 Å². The van der Waals surface area contributed by atoms with E-state index in [0.29, 0.717) is 6.42 Å². The Kier molecular flexibility index (Phi) is 6.34. The second kappa shape index (κ2) is 8.91. The highest BCUT2D eigenvalue weighted by atomic mass is 16.5. The number of ether oxygens (including phenoxy) is 1. The Hall–Kier alpha value is -2.82. The first-order valence-electron chi connectivity index (χ1n) is 9.75. The summed E-state index contributed by atoms with van der Waals surface area (Å²) in [6, 6.07) is 17.2. The van der Waals surface area contributed by atoms with Crippen LogP contribution >= 0.6 is 0 Å². The minimum atomic E-state index is -0.897. The second-order valence-electron chi connectivity index (χ2n) is 7.46. The van der Waals surface area contributed by atoms with Crippen LogP contribution in [0.3, 0.4) is 0 Å². The number of carbonyl (C=O) groups is 2. The number of hydrogen-bond acceptors (Lipinski definition) is 3. The molecule has 28 heavy (non-hydrogen) atoms. The number of methoxy groups -OCH3 is 1. The molecule has 0 radical (unpaired) electrons. The van der Waals surface area contributed by atoms with Crippen molar-refractivity contribution in [3.63, 3.8) is 0 Å². The summed E-state index contributed by atoms with van der Waals surface area (Å²) >= 11 is 0. The molecule has 0 aromatic heterocycles. The summed E-state index contributed by atoms with van der Waals surface area (Å²) in [6.45, 7) is 0.120. The number of benzene rings is 2. The van der Waals surface area contributed by atoms with Crippen LogP contribution in [0.1, 0.15) is 36.8 Å². The zero-order valence-electron chi connectivity index (χ0n) is 16.2. The number of rotatable bonds is 8. The molecule has 148 valence electrons. The highest BCUT2D eigenvalue weighted by molar-refractivity contribution is 5.89. The normalized spacial score (nSPS) is 16.3. The van der Waals surface area contributed by atoms with Gasteiger partial charge in [0.25, 0.3) is 0 Å². The van der Waals surface area contributed by atoms with E-state index in [-0.39, 0.29) is 12.5 Å². The first-order valence-corrected chi connectivity index (χ1v) is 9.75. The number of carboxylic acid groups (broad SMARTS) is 1. The van der Waals surface area contributed by atoms with Crippen LogP contribution in [0.5, 0.6) is 5.75 Å². The monoisotopic (exact) mass is 381 g/mol. The van der Waals surface area contributed by atoms with Gasteiger partial charge in [-0.05, 0) is 42.5 Å². The molecule has 1 amide bonds. The molecule has 0 heterocycles. The third-order valence-electron chi connectivity index (χ3n) is 5.70. The van der Waals surface area contributed by atoms with E-state index in [1.165, 1.54) is 0 Å². The summed E-state index contributed by atoms with van der Waals surface area (Å²) in [5.74, 6) is -0.914. The number of amides is 1. The van der Waals surface area contributed by atoms with E-state index >= 15 is 0 Å². The molecular formula is C23H27NO4. The Bertz CT molecular complexity index is 812. The third kappa shape index (κ3) is 4.35. The lowest BCUT2D eigenvalue weighted by atomic mass is 9.77. The van der Waals surface area contributed by atoms with Gasteiger partial charge in [0.2, 0.25) is 5.91 Å². The number of hydrogen-bond donors (Lipinski definition) is 2. The van der Waals surface area contributed by atoms with Gasteiger partial charge in [0, 0.05) is 6.54 Å². The third-order valence-corrected chi connectivity index (χ3v) is 5.70. The first kappa shape index (κ1) is 19.9. The van der Waals surface area contributed by atoms with Crippen LogP contribution in [-0.2, 0) is 21.4 Å². The zero-order chi connectivity index (χ0) is 20.0. The van der Waals surface area contributed by atoms with Gasteiger partial charge < -0.3 is 15.2 Å². The van der Waals surface area contributed by atoms with E-state index in [1.807, 2.05) is 54.6 Å². The number of carboxylic acids is 1. The molecule has 1 unspecified atom stereocenters. The van der Waals surface area contributed by atoms with Gasteiger partial charge in [-0.1, -0.05) is 55.3 Å². The van der Waals surface area contributed by atoms with Crippen molar-refractivity contribution in [3.05, 3.63) is 65.7 Å². The van der Waals surface area contributed by atoms with Gasteiger partial charge in [0.1, 0.15) is 5.75 Å². The lowest BCUT2D eigenvalue weighted by Gasteiger charge is -2.29. The molecule has 1 atom stereocenters. The average molecular weight is 381 g/mol. The Morgan fingerprint density at radius 3 is 2.46 bits per heavy atom. The van der Waals surface area contributed by atoms with Crippen molar-refractivity contribution in [2.24, 2.45) is 5.92 Å². The molecule has 1 aliphatic rings. The molecule has 2 aromatic rings. The van der Waals surface area contributed by atoms with Crippen LogP contribution in [0, 0.1) is 5.92 Å². The van der Waals surface area contributed by atoms with Crippen molar-refractivity contribution in [2.75, 3.05) is 13.7 Å². The molecule has 0 spiro atoms. The van der Waals surface area contributed by atoms with Crippen LogP contribution in [0.25, 0.3) is 0 Å². The highest BCUT2D eigenvalue weighted by Crippen LogP contribution is 2.42. The van der Waals surface area contributed by atoms with Crippen LogP contribution in [0.4, 0.5) is 0 Å². The number of aliphatic carboxylic acids is 1. The Morgan fingerprint density at radius 2 is 1.82 bits per heavy atom. The van der Waals surface area contributed by atoms with E-state index in [1.54, 1.807) is 7.11 Å². The van der Waals surface area contributed by atoms with Gasteiger partial charge in [-0.25, -0.2) is 0 Å².